The Hall–Kier alpha value is -1.27. The first-order valence-corrected chi connectivity index (χ1v) is 7.62. The van der Waals surface area contributed by atoms with E-state index in [1.54, 1.807) is 31.4 Å². The van der Waals surface area contributed by atoms with Crippen molar-refractivity contribution in [3.63, 3.8) is 0 Å². The number of methoxy groups -OCH3 is 1. The lowest BCUT2D eigenvalue weighted by molar-refractivity contribution is 0.362. The third-order valence-corrected chi connectivity index (χ3v) is 4.32. The molecule has 1 aliphatic heterocycles. The molecule has 1 heterocycles. The van der Waals surface area contributed by atoms with Crippen LogP contribution in [0.25, 0.3) is 0 Å². The summed E-state index contributed by atoms with van der Waals surface area (Å²) < 4.78 is 31.3. The van der Waals surface area contributed by atoms with Crippen molar-refractivity contribution < 1.29 is 13.2 Å². The minimum Gasteiger partial charge on any atom is -0.497 e. The van der Waals surface area contributed by atoms with Gasteiger partial charge in [0.15, 0.2) is 0 Å². The molecule has 0 aromatic heterocycles. The molecule has 6 heteroatoms. The summed E-state index contributed by atoms with van der Waals surface area (Å²) in [6.07, 6.45) is 1.72. The lowest BCUT2D eigenvalue weighted by Gasteiger charge is -2.27. The van der Waals surface area contributed by atoms with Gasteiger partial charge >= 0.3 is 0 Å². The zero-order chi connectivity index (χ0) is 13.0. The Morgan fingerprint density at radius 3 is 2.89 bits per heavy atom. The van der Waals surface area contributed by atoms with Crippen molar-refractivity contribution in [1.29, 1.82) is 0 Å². The maximum Gasteiger partial charge on any atom is 0.232 e. The van der Waals surface area contributed by atoms with Gasteiger partial charge in [-0.15, -0.1) is 0 Å². The van der Waals surface area contributed by atoms with Gasteiger partial charge in [0.2, 0.25) is 10.0 Å². The highest BCUT2D eigenvalue weighted by Crippen LogP contribution is 2.18. The van der Waals surface area contributed by atoms with Gasteiger partial charge in [0, 0.05) is 12.1 Å². The van der Waals surface area contributed by atoms with Crippen molar-refractivity contribution in [2.45, 2.75) is 18.9 Å². The second-order valence-electron chi connectivity index (χ2n) is 4.38. The second kappa shape index (κ2) is 5.58. The Morgan fingerprint density at radius 2 is 2.28 bits per heavy atom. The van der Waals surface area contributed by atoms with Crippen LogP contribution in [0.2, 0.25) is 0 Å². The number of ether oxygens (including phenoxy) is 1. The predicted molar refractivity (Wildman–Crippen MR) is 71.4 cm³/mol. The highest BCUT2D eigenvalue weighted by Gasteiger charge is 2.20. The highest BCUT2D eigenvalue weighted by atomic mass is 32.2. The predicted octanol–water partition coefficient (Wildman–Crippen LogP) is 1.19. The number of rotatable bonds is 6. The number of sulfonamides is 1. The molecule has 1 aliphatic rings. The standard InChI is InChI=1S/C12H18N2O3S/c1-17-12-4-2-3-11(9-12)14-18(15,16)8-6-10-5-7-13-10/h2-4,9-10,13-14H,5-8H2,1H3. The van der Waals surface area contributed by atoms with E-state index in [-0.39, 0.29) is 5.75 Å². The van der Waals surface area contributed by atoms with Gasteiger partial charge in [-0.05, 0) is 31.5 Å². The van der Waals surface area contributed by atoms with Gasteiger partial charge < -0.3 is 10.1 Å². The third kappa shape index (κ3) is 3.61. The van der Waals surface area contributed by atoms with Crippen molar-refractivity contribution in [2.75, 3.05) is 24.1 Å². The van der Waals surface area contributed by atoms with Gasteiger partial charge in [0.05, 0.1) is 18.6 Å². The fourth-order valence-corrected chi connectivity index (χ4v) is 2.99. The summed E-state index contributed by atoms with van der Waals surface area (Å²) >= 11 is 0. The zero-order valence-corrected chi connectivity index (χ0v) is 11.2. The number of anilines is 1. The maximum atomic E-state index is 11.9. The van der Waals surface area contributed by atoms with E-state index in [0.29, 0.717) is 23.9 Å². The van der Waals surface area contributed by atoms with Crippen LogP contribution >= 0.6 is 0 Å². The van der Waals surface area contributed by atoms with E-state index >= 15 is 0 Å². The van der Waals surface area contributed by atoms with Gasteiger partial charge in [0.25, 0.3) is 0 Å². The average molecular weight is 270 g/mol. The third-order valence-electron chi connectivity index (χ3n) is 3.00. The summed E-state index contributed by atoms with van der Waals surface area (Å²) in [5.41, 5.74) is 0.538. The SMILES string of the molecule is COc1cccc(NS(=O)(=O)CCC2CCN2)c1. The molecule has 1 aromatic rings. The molecule has 1 aromatic carbocycles. The molecule has 0 bridgehead atoms. The van der Waals surface area contributed by atoms with Gasteiger partial charge in [-0.1, -0.05) is 6.07 Å². The smallest absolute Gasteiger partial charge is 0.232 e. The maximum absolute atomic E-state index is 11.9. The van der Waals surface area contributed by atoms with Crippen molar-refractivity contribution in [3.8, 4) is 5.75 Å². The first-order chi connectivity index (χ1) is 8.59. The normalized spacial score (nSPS) is 19.1. The molecule has 0 saturated carbocycles. The molecule has 1 saturated heterocycles. The largest absolute Gasteiger partial charge is 0.497 e. The van der Waals surface area contributed by atoms with E-state index in [0.717, 1.165) is 13.0 Å². The minimum atomic E-state index is -3.28. The molecule has 5 nitrogen and oxygen atoms in total. The van der Waals surface area contributed by atoms with Crippen LogP contribution < -0.4 is 14.8 Å². The van der Waals surface area contributed by atoms with Gasteiger partial charge in [-0.25, -0.2) is 8.42 Å². The lowest BCUT2D eigenvalue weighted by atomic mass is 10.1. The van der Waals surface area contributed by atoms with Gasteiger partial charge in [-0.2, -0.15) is 0 Å². The van der Waals surface area contributed by atoms with Crippen LogP contribution in [0.3, 0.4) is 0 Å². The lowest BCUT2D eigenvalue weighted by Crippen LogP contribution is -2.44. The second-order valence-corrected chi connectivity index (χ2v) is 6.22. The fraction of sp³-hybridized carbons (Fsp3) is 0.500. The summed E-state index contributed by atoms with van der Waals surface area (Å²) in [5, 5.41) is 3.19. The Bertz CT molecular complexity index is 498. The molecule has 18 heavy (non-hydrogen) atoms. The molecule has 2 rings (SSSR count). The Balaban J connectivity index is 1.93. The van der Waals surface area contributed by atoms with Crippen LogP contribution in [0, 0.1) is 0 Å². The fourth-order valence-electron chi connectivity index (χ4n) is 1.81. The summed E-state index contributed by atoms with van der Waals surface area (Å²) in [5.74, 6) is 0.776. The molecule has 0 aliphatic carbocycles. The van der Waals surface area contributed by atoms with Crippen molar-refractivity contribution in [3.05, 3.63) is 24.3 Å². The van der Waals surface area contributed by atoms with E-state index < -0.39 is 10.0 Å². The van der Waals surface area contributed by atoms with Crippen LogP contribution in [0.1, 0.15) is 12.8 Å². The van der Waals surface area contributed by atoms with E-state index in [1.165, 1.54) is 0 Å². The molecule has 1 fully saturated rings. The van der Waals surface area contributed by atoms with E-state index in [4.69, 9.17) is 4.74 Å². The monoisotopic (exact) mass is 270 g/mol. The Morgan fingerprint density at radius 1 is 1.50 bits per heavy atom. The van der Waals surface area contributed by atoms with Crippen molar-refractivity contribution in [1.82, 2.24) is 5.32 Å². The number of nitrogens with one attached hydrogen (secondary N) is 2. The molecule has 1 unspecified atom stereocenters. The zero-order valence-electron chi connectivity index (χ0n) is 10.3. The van der Waals surface area contributed by atoms with Crippen LogP contribution in [0.4, 0.5) is 5.69 Å². The Labute approximate surface area is 108 Å². The van der Waals surface area contributed by atoms with Crippen LogP contribution in [0.5, 0.6) is 5.75 Å². The quantitative estimate of drug-likeness (QED) is 0.815. The summed E-state index contributed by atoms with van der Waals surface area (Å²) in [6, 6.07) is 7.26. The first-order valence-electron chi connectivity index (χ1n) is 5.97. The summed E-state index contributed by atoms with van der Waals surface area (Å²) in [4.78, 5) is 0. The number of benzene rings is 1. The molecular formula is C12H18N2O3S. The average Bonchev–Trinajstić information content (AvgIpc) is 2.26. The van der Waals surface area contributed by atoms with Gasteiger partial charge in [0.1, 0.15) is 5.75 Å². The molecule has 0 amide bonds. The van der Waals surface area contributed by atoms with Crippen molar-refractivity contribution in [2.24, 2.45) is 0 Å². The Kier molecular flexibility index (Phi) is 4.08. The van der Waals surface area contributed by atoms with E-state index in [9.17, 15) is 8.42 Å². The number of hydrogen-bond acceptors (Lipinski definition) is 4. The van der Waals surface area contributed by atoms with Gasteiger partial charge in [-0.3, -0.25) is 4.72 Å². The molecular weight excluding hydrogens is 252 g/mol. The summed E-state index contributed by atoms with van der Waals surface area (Å²) in [7, 11) is -1.72. The molecule has 0 radical (unpaired) electrons. The van der Waals surface area contributed by atoms with Crippen LogP contribution in [-0.2, 0) is 10.0 Å². The van der Waals surface area contributed by atoms with Crippen LogP contribution in [0.15, 0.2) is 24.3 Å². The van der Waals surface area contributed by atoms with Crippen LogP contribution in [-0.4, -0.2) is 33.9 Å². The molecule has 0 spiro atoms. The minimum absolute atomic E-state index is 0.141. The van der Waals surface area contributed by atoms with E-state index in [1.807, 2.05) is 0 Å². The van der Waals surface area contributed by atoms with Crippen molar-refractivity contribution >= 4 is 15.7 Å². The summed E-state index contributed by atoms with van der Waals surface area (Å²) in [6.45, 7) is 0.994. The molecule has 1 atom stereocenters. The molecule has 100 valence electrons. The topological polar surface area (TPSA) is 67.4 Å². The van der Waals surface area contributed by atoms with E-state index in [2.05, 4.69) is 10.0 Å². The molecule has 2 N–H and O–H groups in total. The number of hydrogen-bond donors (Lipinski definition) is 2. The first kappa shape index (κ1) is 13.2. The highest BCUT2D eigenvalue weighted by molar-refractivity contribution is 7.92.